The van der Waals surface area contributed by atoms with E-state index in [-0.39, 0.29) is 54.2 Å². The van der Waals surface area contributed by atoms with Crippen LogP contribution in [0.1, 0.15) is 251 Å². The monoisotopic (exact) mass is 2440 g/mol. The summed E-state index contributed by atoms with van der Waals surface area (Å²) in [6, 6.07) is 54.3. The lowest BCUT2D eigenvalue weighted by Gasteiger charge is -2.33. The Labute approximate surface area is 899 Å². The smallest absolute Gasteiger partial charge is 0.412 e. The summed E-state index contributed by atoms with van der Waals surface area (Å²) >= 11 is 27.3. The number of aliphatic carboxylic acids is 1. The third-order valence-corrected chi connectivity index (χ3v) is 35.8. The summed E-state index contributed by atoms with van der Waals surface area (Å²) in [5.74, 6) is 0.857. The van der Waals surface area contributed by atoms with E-state index in [1.807, 2.05) is 99.6 Å². The highest BCUT2D eigenvalue weighted by atomic mass is 79.9. The number of anilines is 5. The SMILES string of the molecule is BrCCc1c(Br)cccc1Br.Brc1cccc2c1CC2.CC(C)(C)OC(=O)Nc1cccc2c1CC2.CC(C)(O)c1coc(S(=O)(=O)CC(=O)Cc2c(CC3CCC3)ccc3c2CC3)c1.Nc1c(C(=O)C2CCC2)ccc2c1CC2.Nc1c(C(O)C2CCC2)ccc2c1CC2.Nc1c(CC2CCC2)ccc2c1CC2.Nc1cccc2c1CC2.O=C(O)Cc1c(Br)cccc1Br.OCCc1c(Br)cccc1Br. The highest BCUT2D eigenvalue weighted by molar-refractivity contribution is 9.12. The number of nitrogen functional groups attached to an aromatic ring is 4. The summed E-state index contributed by atoms with van der Waals surface area (Å²) in [5, 5.41) is 41.0. The number of carbonyl (C=O) groups is 4. The topological polar surface area (TPSA) is 322 Å². The second-order valence-electron chi connectivity index (χ2n) is 39.8. The standard InChI is InChI=1S/C23H28O5S.C13H17NO2.C13H17NO.C13H15NO.C13H17N.C8H7Br3.C8H6Br2O2.C8H8Br2O.C8H7Br.C8H9N/c1-23(2,25)18-11-22(28-13-18)29(26,27)14-19(24)12-21-17(10-15-4-3-5-15)7-6-16-8-9-20(16)21;1-13(2,3)16-12(15)14-11-6-4-5-9-7-8-10(9)11;2*14-12-10-6-4-8(10)5-7-11(12)13(15)9-2-1-3-9;14-13-11(8-9-2-1-3-9)5-4-10-6-7-12(10)13;9-5-4-6-7(10)2-1-3-8(6)11;9-6-2-1-3-7(10)5(6)4-8(11)12;9-7-2-1-3-8(10)6(7)4-5-11;2*9-8-3-1-2-6-4-5-7(6)8/h6-7,11,13,15,25H,3-5,8-10,12,14H2,1-2H3;4-6H,7-8H2,1-3H3,(H,14,15);5,7,9,13,15H,1-4,6,14H2;5,7,9H,1-4,6,14H2;4-5,9H,1-3,6-8,14H2;1-3H,4-5H2;1-3H,4H2,(H,11,12);1-3,11H,4-5H2;1-3H,4-5H2;1-3H,4-5,9H2. The van der Waals surface area contributed by atoms with E-state index in [0.717, 1.165) is 175 Å². The summed E-state index contributed by atoms with van der Waals surface area (Å²) in [7, 11) is -3.88. The molecule has 0 radical (unpaired) electrons. The number of nitrogens with two attached hydrogens (primary N) is 4. The Morgan fingerprint density at radius 1 is 0.468 bits per heavy atom. The van der Waals surface area contributed by atoms with Gasteiger partial charge in [0.05, 0.1) is 24.4 Å². The molecule has 0 spiro atoms. The maximum absolute atomic E-state index is 12.7. The summed E-state index contributed by atoms with van der Waals surface area (Å²) in [6.45, 7) is 8.86. The van der Waals surface area contributed by atoms with Crippen molar-refractivity contribution in [2.45, 2.75) is 262 Å². The van der Waals surface area contributed by atoms with Gasteiger partial charge in [-0.15, -0.1) is 0 Å². The largest absolute Gasteiger partial charge is 0.481 e. The molecule has 141 heavy (non-hydrogen) atoms. The lowest BCUT2D eigenvalue weighted by molar-refractivity contribution is -0.136. The number of aliphatic hydroxyl groups is 3. The zero-order valence-electron chi connectivity index (χ0n) is 81.1. The maximum atomic E-state index is 12.7. The van der Waals surface area contributed by atoms with Crippen LogP contribution in [0.25, 0.3) is 0 Å². The van der Waals surface area contributed by atoms with Crippen LogP contribution in [-0.4, -0.2) is 75.8 Å². The van der Waals surface area contributed by atoms with Crippen LogP contribution in [0.2, 0.25) is 0 Å². The Kier molecular flexibility index (Phi) is 40.2. The number of aryl methyl sites for hydroxylation is 7. The van der Waals surface area contributed by atoms with E-state index < -0.39 is 32.8 Å². The van der Waals surface area contributed by atoms with Gasteiger partial charge in [0.15, 0.2) is 11.6 Å². The van der Waals surface area contributed by atoms with Crippen LogP contribution in [0.5, 0.6) is 0 Å². The second-order valence-corrected chi connectivity index (χ2v) is 48.5. The van der Waals surface area contributed by atoms with Gasteiger partial charge in [0, 0.05) is 107 Å². The zero-order chi connectivity index (χ0) is 101. The van der Waals surface area contributed by atoms with Gasteiger partial charge in [0.2, 0.25) is 14.9 Å². The quantitative estimate of drug-likeness (QED) is 0.0183. The molecule has 11 aromatic rings. The van der Waals surface area contributed by atoms with E-state index in [9.17, 15) is 37.8 Å². The minimum atomic E-state index is -3.88. The molecule has 750 valence electrons. The van der Waals surface area contributed by atoms with Crippen LogP contribution in [0.4, 0.5) is 33.2 Å². The summed E-state index contributed by atoms with van der Waals surface area (Å²) in [4.78, 5) is 46.8. The number of carbonyl (C=O) groups excluding carboxylic acids is 3. The molecule has 4 saturated carbocycles. The van der Waals surface area contributed by atoms with Gasteiger partial charge in [-0.2, -0.15) is 0 Å². The Morgan fingerprint density at radius 2 is 0.901 bits per heavy atom. The average Bonchev–Trinajstić information content (AvgIpc) is 1.41. The van der Waals surface area contributed by atoms with Crippen LogP contribution in [0, 0.1) is 23.7 Å². The molecule has 22 rings (SSSR count). The van der Waals surface area contributed by atoms with Gasteiger partial charge < -0.3 is 52.5 Å². The number of carboxylic acid groups (broad SMARTS) is 1. The molecule has 26 heteroatoms. The number of fused-ring (bicyclic) bond motifs is 7. The van der Waals surface area contributed by atoms with Crippen molar-refractivity contribution in [2.75, 3.05) is 45.9 Å². The first kappa shape index (κ1) is 111. The predicted molar refractivity (Wildman–Crippen MR) is 598 cm³/mol. The van der Waals surface area contributed by atoms with Crippen molar-refractivity contribution in [1.82, 2.24) is 0 Å². The Morgan fingerprint density at radius 3 is 1.33 bits per heavy atom. The van der Waals surface area contributed by atoms with Crippen LogP contribution in [-0.2, 0) is 158 Å². The second kappa shape index (κ2) is 51.2. The maximum Gasteiger partial charge on any atom is 0.412 e. The molecule has 1 aromatic heterocycles. The minimum absolute atomic E-state index is 0.0298. The molecule has 17 nitrogen and oxygen atoms in total. The van der Waals surface area contributed by atoms with Gasteiger partial charge in [-0.05, 0) is 366 Å². The number of sulfone groups is 1. The number of carboxylic acids is 1. The van der Waals surface area contributed by atoms with Crippen LogP contribution >= 0.6 is 127 Å². The number of benzene rings is 10. The number of hydrogen-bond donors (Lipinski definition) is 9. The third-order valence-electron chi connectivity index (χ3n) is 28.7. The molecule has 10 aromatic carbocycles. The molecule has 0 saturated heterocycles. The van der Waals surface area contributed by atoms with Crippen molar-refractivity contribution in [3.8, 4) is 0 Å². The summed E-state index contributed by atoms with van der Waals surface area (Å²) < 4.78 is 43.0. The fourth-order valence-corrected chi connectivity index (χ4v) is 24.9. The number of aliphatic hydroxyl groups excluding tert-OH is 2. The lowest BCUT2D eigenvalue weighted by atomic mass is 9.75. The normalized spacial score (nSPS) is 15.5. The molecule has 1 unspecified atom stereocenters. The van der Waals surface area contributed by atoms with E-state index >= 15 is 0 Å². The molecule has 0 bridgehead atoms. The lowest BCUT2D eigenvalue weighted by Crippen LogP contribution is -2.28. The minimum Gasteiger partial charge on any atom is -0.481 e. The van der Waals surface area contributed by atoms with Crippen molar-refractivity contribution in [3.63, 3.8) is 0 Å². The number of ketones is 2. The van der Waals surface area contributed by atoms with Gasteiger partial charge in [-0.1, -0.05) is 276 Å². The molecule has 11 aliphatic rings. The zero-order valence-corrected chi connectivity index (χ0v) is 94.6. The Hall–Kier alpha value is -7.57. The first-order valence-electron chi connectivity index (χ1n) is 49.4. The fourth-order valence-electron chi connectivity index (χ4n) is 18.6. The molecule has 11 aliphatic carbocycles. The van der Waals surface area contributed by atoms with Crippen molar-refractivity contribution in [1.29, 1.82) is 0 Å². The number of rotatable bonds is 21. The van der Waals surface area contributed by atoms with Gasteiger partial charge in [0.25, 0.3) is 0 Å². The molecule has 4 fully saturated rings. The molecule has 0 aliphatic heterocycles. The van der Waals surface area contributed by atoms with E-state index in [1.54, 1.807) is 13.8 Å². The number of nitrogens with one attached hydrogen (secondary N) is 1. The van der Waals surface area contributed by atoms with E-state index in [2.05, 4.69) is 212 Å². The predicted octanol–water partition coefficient (Wildman–Crippen LogP) is 27.6. The summed E-state index contributed by atoms with van der Waals surface area (Å²) in [6.07, 6.45) is 35.4. The van der Waals surface area contributed by atoms with Crippen LogP contribution < -0.4 is 28.3 Å². The van der Waals surface area contributed by atoms with Crippen molar-refractivity contribution in [3.05, 3.63) is 329 Å². The highest BCUT2D eigenvalue weighted by Gasteiger charge is 2.35. The first-order valence-corrected chi connectivity index (χ1v) is 57.7. The molecular weight excluding hydrogens is 2310 g/mol. The van der Waals surface area contributed by atoms with E-state index in [1.165, 1.54) is 217 Å². The molecule has 1 atom stereocenters. The number of Topliss-reactive ketones (excluding diaryl/α,β-unsaturated/α-hetero) is 2. The molecule has 1 amide bonds. The van der Waals surface area contributed by atoms with Gasteiger partial charge in [-0.3, -0.25) is 19.7 Å². The van der Waals surface area contributed by atoms with Crippen LogP contribution in [0.15, 0.2) is 211 Å². The van der Waals surface area contributed by atoms with Crippen molar-refractivity contribution in [2.24, 2.45) is 23.7 Å². The number of ether oxygens (including phenoxy) is 1. The van der Waals surface area contributed by atoms with E-state index in [4.69, 9.17) is 42.3 Å². The number of hydrogen-bond acceptors (Lipinski definition) is 15. The molecule has 1 heterocycles. The van der Waals surface area contributed by atoms with Gasteiger partial charge >= 0.3 is 12.1 Å². The van der Waals surface area contributed by atoms with Gasteiger partial charge in [0.1, 0.15) is 11.4 Å². The Bertz CT molecular complexity index is 6210. The number of halogens is 8. The summed E-state index contributed by atoms with van der Waals surface area (Å²) in [5.41, 5.74) is 55.0. The van der Waals surface area contributed by atoms with Crippen molar-refractivity contribution >= 4 is 189 Å². The Balaban J connectivity index is 0.000000135. The van der Waals surface area contributed by atoms with E-state index in [0.29, 0.717) is 23.8 Å². The molecule has 13 N–H and O–H groups in total. The number of amides is 1. The fraction of sp³-hybridized carbons (Fsp3) is 0.409. The van der Waals surface area contributed by atoms with Gasteiger partial charge in [-0.25, -0.2) is 13.2 Å². The molecular formula is C115H131Br8N5O12S. The number of furan rings is 1. The highest BCUT2D eigenvalue weighted by Crippen LogP contribution is 2.45. The average molecular weight is 2450 g/mol. The van der Waals surface area contributed by atoms with Crippen LogP contribution in [0.3, 0.4) is 0 Å². The first-order chi connectivity index (χ1) is 67.3. The van der Waals surface area contributed by atoms with Crippen molar-refractivity contribution < 1.29 is 57.2 Å². The third kappa shape index (κ3) is 29.5. The number of alkyl halides is 1.